The number of anilines is 1. The van der Waals surface area contributed by atoms with Crippen LogP contribution in [0, 0.1) is 0 Å². The van der Waals surface area contributed by atoms with Gasteiger partial charge in [-0.25, -0.2) is 4.79 Å². The Bertz CT molecular complexity index is 920. The molecule has 2 aromatic rings. The maximum absolute atomic E-state index is 12.2. The first-order valence-electron chi connectivity index (χ1n) is 8.07. The summed E-state index contributed by atoms with van der Waals surface area (Å²) in [6, 6.07) is 11.7. The van der Waals surface area contributed by atoms with E-state index in [1.807, 2.05) is 0 Å². The molecule has 0 aliphatic carbocycles. The second-order valence-electron chi connectivity index (χ2n) is 5.46. The SMILES string of the molecule is O=C(COC(=O)C1=C(Nc2ccccc2)OCC1=O)NNC(=O)c1ccco1. The predicted octanol–water partition coefficient (Wildman–Crippen LogP) is 0.507. The smallest absolute Gasteiger partial charge is 0.347 e. The van der Waals surface area contributed by atoms with Crippen molar-refractivity contribution in [1.29, 1.82) is 0 Å². The molecule has 1 aromatic heterocycles. The van der Waals surface area contributed by atoms with Gasteiger partial charge in [0, 0.05) is 5.69 Å². The van der Waals surface area contributed by atoms with Crippen molar-refractivity contribution in [3.05, 3.63) is 65.9 Å². The maximum Gasteiger partial charge on any atom is 0.347 e. The van der Waals surface area contributed by atoms with Crippen LogP contribution in [0.15, 0.2) is 64.6 Å². The van der Waals surface area contributed by atoms with Crippen molar-refractivity contribution in [3.8, 4) is 0 Å². The summed E-state index contributed by atoms with van der Waals surface area (Å²) in [5.74, 6) is -3.14. The third-order valence-corrected chi connectivity index (χ3v) is 3.48. The standard InChI is InChI=1S/C18H15N3O7/c22-12-9-27-17(19-11-5-2-1-3-6-11)15(12)18(25)28-10-14(23)20-21-16(24)13-7-4-8-26-13/h1-8,19H,9-10H2,(H,20,23)(H,21,24). The molecule has 3 N–H and O–H groups in total. The Hall–Kier alpha value is -4.08. The second kappa shape index (κ2) is 8.54. The minimum atomic E-state index is -1.02. The number of carbonyl (C=O) groups is 4. The summed E-state index contributed by atoms with van der Waals surface area (Å²) in [6.45, 7) is -1.03. The third-order valence-electron chi connectivity index (χ3n) is 3.48. The molecule has 3 rings (SSSR count). The van der Waals surface area contributed by atoms with Crippen LogP contribution in [-0.2, 0) is 23.9 Å². The quantitative estimate of drug-likeness (QED) is 0.372. The van der Waals surface area contributed by atoms with E-state index in [0.717, 1.165) is 0 Å². The van der Waals surface area contributed by atoms with Gasteiger partial charge in [0.25, 0.3) is 5.91 Å². The van der Waals surface area contributed by atoms with Gasteiger partial charge in [-0.3, -0.25) is 25.2 Å². The van der Waals surface area contributed by atoms with Crippen molar-refractivity contribution in [2.24, 2.45) is 0 Å². The minimum absolute atomic E-state index is 0.00669. The monoisotopic (exact) mass is 385 g/mol. The van der Waals surface area contributed by atoms with E-state index in [1.165, 1.54) is 18.4 Å². The summed E-state index contributed by atoms with van der Waals surface area (Å²) in [5.41, 5.74) is 4.43. The molecule has 1 aliphatic heterocycles. The number of rotatable bonds is 6. The molecule has 28 heavy (non-hydrogen) atoms. The molecule has 1 aromatic carbocycles. The van der Waals surface area contributed by atoms with E-state index in [9.17, 15) is 19.2 Å². The van der Waals surface area contributed by atoms with Crippen molar-refractivity contribution >= 4 is 29.3 Å². The van der Waals surface area contributed by atoms with Gasteiger partial charge in [-0.15, -0.1) is 0 Å². The molecule has 144 valence electrons. The zero-order valence-corrected chi connectivity index (χ0v) is 14.4. The summed E-state index contributed by atoms with van der Waals surface area (Å²) >= 11 is 0. The number of para-hydroxylation sites is 1. The van der Waals surface area contributed by atoms with E-state index in [1.54, 1.807) is 30.3 Å². The van der Waals surface area contributed by atoms with Crippen molar-refractivity contribution in [1.82, 2.24) is 10.9 Å². The van der Waals surface area contributed by atoms with E-state index in [-0.39, 0.29) is 23.8 Å². The molecule has 0 saturated heterocycles. The maximum atomic E-state index is 12.2. The van der Waals surface area contributed by atoms with Crippen LogP contribution < -0.4 is 16.2 Å². The third kappa shape index (κ3) is 4.55. The molecule has 1 aliphatic rings. The lowest BCUT2D eigenvalue weighted by atomic mass is 10.2. The summed E-state index contributed by atoms with van der Waals surface area (Å²) < 4.78 is 14.9. The number of hydrogen-bond donors (Lipinski definition) is 3. The Morgan fingerprint density at radius 1 is 1.04 bits per heavy atom. The molecule has 2 heterocycles. The first-order chi connectivity index (χ1) is 13.5. The average Bonchev–Trinajstić information content (AvgIpc) is 3.35. The number of ether oxygens (including phenoxy) is 2. The Morgan fingerprint density at radius 3 is 2.54 bits per heavy atom. The van der Waals surface area contributed by atoms with E-state index in [2.05, 4.69) is 16.2 Å². The van der Waals surface area contributed by atoms with Gasteiger partial charge in [-0.2, -0.15) is 0 Å². The molecule has 0 radical (unpaired) electrons. The zero-order chi connectivity index (χ0) is 19.9. The molecule has 0 saturated carbocycles. The highest BCUT2D eigenvalue weighted by molar-refractivity contribution is 6.20. The van der Waals surface area contributed by atoms with Gasteiger partial charge >= 0.3 is 11.9 Å². The van der Waals surface area contributed by atoms with Crippen LogP contribution in [0.25, 0.3) is 0 Å². The zero-order valence-electron chi connectivity index (χ0n) is 14.4. The van der Waals surface area contributed by atoms with Crippen LogP contribution in [-0.4, -0.2) is 36.8 Å². The number of Topliss-reactive ketones (excluding diaryl/α,β-unsaturated/α-hetero) is 1. The Labute approximate surface area is 158 Å². The van der Waals surface area contributed by atoms with Crippen LogP contribution in [0.1, 0.15) is 10.6 Å². The highest BCUT2D eigenvalue weighted by Gasteiger charge is 2.32. The summed E-state index contributed by atoms with van der Waals surface area (Å²) in [4.78, 5) is 47.4. The molecule has 0 unspecified atom stereocenters. The molecule has 2 amide bonds. The molecule has 0 bridgehead atoms. The minimum Gasteiger partial charge on any atom is -0.470 e. The highest BCUT2D eigenvalue weighted by atomic mass is 16.5. The molecule has 0 atom stereocenters. The molecule has 10 nitrogen and oxygen atoms in total. The molecular weight excluding hydrogens is 370 g/mol. The molecular formula is C18H15N3O7. The largest absolute Gasteiger partial charge is 0.470 e. The molecule has 0 fully saturated rings. The number of amides is 2. The fourth-order valence-electron chi connectivity index (χ4n) is 2.20. The number of ketones is 1. The number of benzene rings is 1. The van der Waals surface area contributed by atoms with Crippen molar-refractivity contribution in [3.63, 3.8) is 0 Å². The predicted molar refractivity (Wildman–Crippen MR) is 93.3 cm³/mol. The first kappa shape index (κ1) is 18.7. The Balaban J connectivity index is 1.53. The molecule has 10 heteroatoms. The number of furan rings is 1. The fraction of sp³-hybridized carbons (Fsp3) is 0.111. The van der Waals surface area contributed by atoms with Gasteiger partial charge in [0.2, 0.25) is 11.7 Å². The summed E-state index contributed by atoms with van der Waals surface area (Å²) in [5, 5.41) is 2.81. The summed E-state index contributed by atoms with van der Waals surface area (Å²) in [7, 11) is 0. The number of carbonyl (C=O) groups excluding carboxylic acids is 4. The number of hydrazine groups is 1. The van der Waals surface area contributed by atoms with Crippen LogP contribution in [0.3, 0.4) is 0 Å². The van der Waals surface area contributed by atoms with Crippen LogP contribution in [0.4, 0.5) is 5.69 Å². The Kier molecular flexibility index (Phi) is 5.70. The van der Waals surface area contributed by atoms with E-state index < -0.39 is 30.2 Å². The first-order valence-corrected chi connectivity index (χ1v) is 8.07. The van der Waals surface area contributed by atoms with Crippen LogP contribution >= 0.6 is 0 Å². The second-order valence-corrected chi connectivity index (χ2v) is 5.46. The van der Waals surface area contributed by atoms with Crippen molar-refractivity contribution in [2.75, 3.05) is 18.5 Å². The fourth-order valence-corrected chi connectivity index (χ4v) is 2.20. The van der Waals surface area contributed by atoms with Gasteiger partial charge in [0.1, 0.15) is 0 Å². The van der Waals surface area contributed by atoms with Gasteiger partial charge < -0.3 is 19.2 Å². The van der Waals surface area contributed by atoms with Gasteiger partial charge in [-0.1, -0.05) is 18.2 Å². The van der Waals surface area contributed by atoms with Crippen LogP contribution in [0.2, 0.25) is 0 Å². The van der Waals surface area contributed by atoms with Gasteiger partial charge in [0.05, 0.1) is 6.26 Å². The van der Waals surface area contributed by atoms with Gasteiger partial charge in [-0.05, 0) is 24.3 Å². The van der Waals surface area contributed by atoms with E-state index >= 15 is 0 Å². The Morgan fingerprint density at radius 2 is 1.82 bits per heavy atom. The number of esters is 1. The highest BCUT2D eigenvalue weighted by Crippen LogP contribution is 2.20. The van der Waals surface area contributed by atoms with E-state index in [0.29, 0.717) is 5.69 Å². The van der Waals surface area contributed by atoms with Crippen LogP contribution in [0.5, 0.6) is 0 Å². The van der Waals surface area contributed by atoms with Crippen molar-refractivity contribution < 1.29 is 33.1 Å². The lowest BCUT2D eigenvalue weighted by Crippen LogP contribution is -2.43. The normalized spacial score (nSPS) is 12.9. The van der Waals surface area contributed by atoms with Crippen molar-refractivity contribution in [2.45, 2.75) is 0 Å². The lowest BCUT2D eigenvalue weighted by Gasteiger charge is -2.09. The topological polar surface area (TPSA) is 136 Å². The van der Waals surface area contributed by atoms with E-state index in [4.69, 9.17) is 13.9 Å². The summed E-state index contributed by atoms with van der Waals surface area (Å²) in [6.07, 6.45) is 1.30. The lowest BCUT2D eigenvalue weighted by molar-refractivity contribution is -0.145. The number of hydrogen-bond acceptors (Lipinski definition) is 8. The number of nitrogens with one attached hydrogen (secondary N) is 3. The average molecular weight is 385 g/mol. The van der Waals surface area contributed by atoms with Gasteiger partial charge in [0.15, 0.2) is 24.5 Å². The molecule has 0 spiro atoms.